The normalized spacial score (nSPS) is 13.2. The third kappa shape index (κ3) is 3.96. The monoisotopic (exact) mass is 396 g/mol. The minimum Gasteiger partial charge on any atom is -0.343 e. The van der Waals surface area contributed by atoms with Gasteiger partial charge in [-0.3, -0.25) is 14.8 Å². The Labute approximate surface area is 173 Å². The van der Waals surface area contributed by atoms with Crippen LogP contribution in [0.25, 0.3) is 22.5 Å². The van der Waals surface area contributed by atoms with Crippen LogP contribution < -0.4 is 5.32 Å². The van der Waals surface area contributed by atoms with E-state index in [0.717, 1.165) is 23.2 Å². The van der Waals surface area contributed by atoms with Gasteiger partial charge in [0.1, 0.15) is 5.69 Å². The number of anilines is 1. The molecular weight excluding hydrogens is 376 g/mol. The van der Waals surface area contributed by atoms with Crippen molar-refractivity contribution in [2.75, 3.05) is 5.32 Å². The zero-order valence-corrected chi connectivity index (χ0v) is 16.3. The van der Waals surface area contributed by atoms with Crippen molar-refractivity contribution in [3.05, 3.63) is 79.4 Å². The first-order valence-corrected chi connectivity index (χ1v) is 9.90. The van der Waals surface area contributed by atoms with Gasteiger partial charge < -0.3 is 9.88 Å². The van der Waals surface area contributed by atoms with Gasteiger partial charge in [-0.1, -0.05) is 0 Å². The Morgan fingerprint density at radius 1 is 0.967 bits per heavy atom. The van der Waals surface area contributed by atoms with Gasteiger partial charge in [-0.2, -0.15) is 0 Å². The summed E-state index contributed by atoms with van der Waals surface area (Å²) < 4.78 is 2.04. The maximum atomic E-state index is 12.9. The average Bonchev–Trinajstić information content (AvgIpc) is 3.51. The molecule has 1 aliphatic rings. The van der Waals surface area contributed by atoms with Gasteiger partial charge in [-0.15, -0.1) is 0 Å². The molecule has 148 valence electrons. The smallest absolute Gasteiger partial charge is 0.272 e. The lowest BCUT2D eigenvalue weighted by Gasteiger charge is -2.08. The molecule has 4 aromatic heterocycles. The van der Waals surface area contributed by atoms with E-state index in [-0.39, 0.29) is 5.91 Å². The molecule has 7 nitrogen and oxygen atoms in total. The number of aromatic nitrogens is 5. The second-order valence-corrected chi connectivity index (χ2v) is 7.44. The molecule has 1 N–H and O–H groups in total. The molecule has 0 saturated heterocycles. The fourth-order valence-corrected chi connectivity index (χ4v) is 3.34. The van der Waals surface area contributed by atoms with Crippen LogP contribution >= 0.6 is 0 Å². The van der Waals surface area contributed by atoms with Gasteiger partial charge in [-0.05, 0) is 49.1 Å². The van der Waals surface area contributed by atoms with E-state index in [0.29, 0.717) is 23.1 Å². The number of amides is 1. The molecule has 0 radical (unpaired) electrons. The van der Waals surface area contributed by atoms with Crippen molar-refractivity contribution in [3.63, 3.8) is 0 Å². The highest BCUT2D eigenvalue weighted by molar-refractivity contribution is 6.04. The van der Waals surface area contributed by atoms with Crippen LogP contribution in [0.1, 0.15) is 23.3 Å². The van der Waals surface area contributed by atoms with E-state index < -0.39 is 0 Å². The standard InChI is InChI=1S/C23H20N6O/c30-23(28-20-4-2-8-25-13-20)21-9-18(15-29(21)14-16-5-6-16)19-11-26-22(27-12-19)17-3-1-7-24-10-17/h1-4,7-13,15-16H,5-6,14H2,(H,28,30). The molecule has 1 saturated carbocycles. The Kier molecular flexibility index (Phi) is 4.77. The molecule has 4 aromatic rings. The van der Waals surface area contributed by atoms with Crippen molar-refractivity contribution in [1.82, 2.24) is 24.5 Å². The van der Waals surface area contributed by atoms with Gasteiger partial charge in [0.2, 0.25) is 0 Å². The number of hydrogen-bond acceptors (Lipinski definition) is 5. The van der Waals surface area contributed by atoms with Crippen LogP contribution in [0.15, 0.2) is 73.7 Å². The number of hydrogen-bond donors (Lipinski definition) is 1. The van der Waals surface area contributed by atoms with Gasteiger partial charge in [0, 0.05) is 60.4 Å². The Hall–Kier alpha value is -3.87. The predicted molar refractivity (Wildman–Crippen MR) is 114 cm³/mol. The van der Waals surface area contributed by atoms with E-state index in [4.69, 9.17) is 0 Å². The van der Waals surface area contributed by atoms with E-state index in [1.807, 2.05) is 35.0 Å². The van der Waals surface area contributed by atoms with Crippen LogP contribution in [0.4, 0.5) is 5.69 Å². The molecular formula is C23H20N6O. The second kappa shape index (κ2) is 7.87. The summed E-state index contributed by atoms with van der Waals surface area (Å²) in [6.45, 7) is 0.838. The summed E-state index contributed by atoms with van der Waals surface area (Å²) in [6, 6.07) is 9.31. The van der Waals surface area contributed by atoms with Crippen LogP contribution in [-0.2, 0) is 6.54 Å². The van der Waals surface area contributed by atoms with Crippen molar-refractivity contribution in [2.24, 2.45) is 5.92 Å². The van der Waals surface area contributed by atoms with Crippen molar-refractivity contribution in [3.8, 4) is 22.5 Å². The first-order valence-electron chi connectivity index (χ1n) is 9.90. The molecule has 0 atom stereocenters. The SMILES string of the molecule is O=C(Nc1cccnc1)c1cc(-c2cnc(-c3cccnc3)nc2)cn1CC1CC1. The quantitative estimate of drug-likeness (QED) is 0.531. The molecule has 4 heterocycles. The summed E-state index contributed by atoms with van der Waals surface area (Å²) in [5.74, 6) is 1.11. The number of nitrogens with zero attached hydrogens (tertiary/aromatic N) is 5. The fourth-order valence-electron chi connectivity index (χ4n) is 3.34. The summed E-state index contributed by atoms with van der Waals surface area (Å²) >= 11 is 0. The summed E-state index contributed by atoms with van der Waals surface area (Å²) in [6.07, 6.45) is 14.8. The van der Waals surface area contributed by atoms with Gasteiger partial charge in [0.05, 0.1) is 11.9 Å². The molecule has 1 amide bonds. The number of carbonyl (C=O) groups excluding carboxylic acids is 1. The van der Waals surface area contributed by atoms with Crippen LogP contribution in [0.3, 0.4) is 0 Å². The minimum absolute atomic E-state index is 0.150. The third-order valence-electron chi connectivity index (χ3n) is 5.11. The molecule has 0 bridgehead atoms. The summed E-state index contributed by atoms with van der Waals surface area (Å²) in [7, 11) is 0. The Balaban J connectivity index is 1.43. The number of nitrogens with one attached hydrogen (secondary N) is 1. The highest BCUT2D eigenvalue weighted by Gasteiger charge is 2.24. The molecule has 1 aliphatic carbocycles. The van der Waals surface area contributed by atoms with Crippen molar-refractivity contribution in [1.29, 1.82) is 0 Å². The van der Waals surface area contributed by atoms with Crippen LogP contribution in [-0.4, -0.2) is 30.4 Å². The Morgan fingerprint density at radius 2 is 1.73 bits per heavy atom. The highest BCUT2D eigenvalue weighted by atomic mass is 16.1. The summed E-state index contributed by atoms with van der Waals surface area (Å²) in [5, 5.41) is 2.93. The molecule has 0 aliphatic heterocycles. The second-order valence-electron chi connectivity index (χ2n) is 7.44. The zero-order chi connectivity index (χ0) is 20.3. The predicted octanol–water partition coefficient (Wildman–Crippen LogP) is 4.06. The molecule has 1 fully saturated rings. The summed E-state index contributed by atoms with van der Waals surface area (Å²) in [5.41, 5.74) is 3.95. The maximum absolute atomic E-state index is 12.9. The van der Waals surface area contributed by atoms with E-state index in [1.54, 1.807) is 43.2 Å². The average molecular weight is 396 g/mol. The maximum Gasteiger partial charge on any atom is 0.272 e. The molecule has 0 unspecified atom stereocenters. The minimum atomic E-state index is -0.150. The van der Waals surface area contributed by atoms with Crippen LogP contribution in [0.2, 0.25) is 0 Å². The van der Waals surface area contributed by atoms with Crippen LogP contribution in [0.5, 0.6) is 0 Å². The lowest BCUT2D eigenvalue weighted by atomic mass is 10.1. The third-order valence-corrected chi connectivity index (χ3v) is 5.11. The van der Waals surface area contributed by atoms with Crippen LogP contribution in [0, 0.1) is 5.92 Å². The summed E-state index contributed by atoms with van der Waals surface area (Å²) in [4.78, 5) is 30.1. The Morgan fingerprint density at radius 3 is 2.40 bits per heavy atom. The van der Waals surface area contributed by atoms with Gasteiger partial charge in [0.25, 0.3) is 5.91 Å². The van der Waals surface area contributed by atoms with Crippen molar-refractivity contribution >= 4 is 11.6 Å². The van der Waals surface area contributed by atoms with Crippen molar-refractivity contribution in [2.45, 2.75) is 19.4 Å². The van der Waals surface area contributed by atoms with Gasteiger partial charge in [-0.25, -0.2) is 9.97 Å². The fraction of sp³-hybridized carbons (Fsp3) is 0.174. The topological polar surface area (TPSA) is 85.6 Å². The largest absolute Gasteiger partial charge is 0.343 e. The number of rotatable bonds is 6. The number of pyridine rings is 2. The van der Waals surface area contributed by atoms with E-state index in [2.05, 4.69) is 25.3 Å². The lowest BCUT2D eigenvalue weighted by molar-refractivity contribution is 0.101. The lowest BCUT2D eigenvalue weighted by Crippen LogP contribution is -2.17. The molecule has 5 rings (SSSR count). The van der Waals surface area contributed by atoms with Crippen molar-refractivity contribution < 1.29 is 4.79 Å². The first kappa shape index (κ1) is 18.2. The van der Waals surface area contributed by atoms with Gasteiger partial charge >= 0.3 is 0 Å². The zero-order valence-electron chi connectivity index (χ0n) is 16.3. The van der Waals surface area contributed by atoms with Gasteiger partial charge in [0.15, 0.2) is 5.82 Å². The van der Waals surface area contributed by atoms with E-state index in [1.165, 1.54) is 12.8 Å². The Bertz CT molecular complexity index is 1150. The number of carbonyl (C=O) groups is 1. The van der Waals surface area contributed by atoms with E-state index in [9.17, 15) is 4.79 Å². The van der Waals surface area contributed by atoms with E-state index >= 15 is 0 Å². The first-order chi connectivity index (χ1) is 14.8. The molecule has 0 spiro atoms. The molecule has 7 heteroatoms. The molecule has 30 heavy (non-hydrogen) atoms. The molecule has 0 aromatic carbocycles. The highest BCUT2D eigenvalue weighted by Crippen LogP contribution is 2.32.